The third-order valence-electron chi connectivity index (χ3n) is 5.74. The van der Waals surface area contributed by atoms with Crippen LogP contribution in [-0.4, -0.2) is 28.5 Å². The monoisotopic (exact) mass is 466 g/mol. The predicted octanol–water partition coefficient (Wildman–Crippen LogP) is 5.97. The van der Waals surface area contributed by atoms with Crippen LogP contribution >= 0.6 is 0 Å². The Hall–Kier alpha value is -4.19. The van der Waals surface area contributed by atoms with E-state index in [9.17, 15) is 4.79 Å². The smallest absolute Gasteiger partial charge is 0.277 e. The van der Waals surface area contributed by atoms with E-state index in [-0.39, 0.29) is 12.5 Å². The zero-order chi connectivity index (χ0) is 24.5. The summed E-state index contributed by atoms with van der Waals surface area (Å²) in [5.41, 5.74) is 7.30. The summed E-state index contributed by atoms with van der Waals surface area (Å²) >= 11 is 0. The molecule has 0 aliphatic heterocycles. The van der Waals surface area contributed by atoms with Crippen LogP contribution in [-0.2, 0) is 4.79 Å². The highest BCUT2D eigenvalue weighted by Crippen LogP contribution is 2.23. The van der Waals surface area contributed by atoms with Crippen LogP contribution in [0.3, 0.4) is 0 Å². The lowest BCUT2D eigenvalue weighted by Gasteiger charge is -2.11. The fourth-order valence-electron chi connectivity index (χ4n) is 3.86. The molecule has 1 atom stereocenters. The summed E-state index contributed by atoms with van der Waals surface area (Å²) in [6.07, 6.45) is 5.80. The first kappa shape index (κ1) is 24.0. The minimum atomic E-state index is -0.332. The van der Waals surface area contributed by atoms with E-state index < -0.39 is 0 Å². The molecule has 0 aliphatic carbocycles. The van der Waals surface area contributed by atoms with Crippen molar-refractivity contribution in [2.75, 3.05) is 6.61 Å². The molecule has 4 aromatic rings. The quantitative estimate of drug-likeness (QED) is 0.231. The average molecular weight is 467 g/mol. The lowest BCUT2D eigenvalue weighted by Crippen LogP contribution is -2.24. The maximum Gasteiger partial charge on any atom is 0.277 e. The Morgan fingerprint density at radius 1 is 1.03 bits per heavy atom. The molecule has 4 rings (SSSR count). The molecule has 1 aromatic heterocycles. The van der Waals surface area contributed by atoms with Crippen LogP contribution in [0.1, 0.15) is 43.7 Å². The molecular weight excluding hydrogens is 436 g/mol. The Morgan fingerprint density at radius 2 is 1.71 bits per heavy atom. The van der Waals surface area contributed by atoms with E-state index in [1.807, 2.05) is 79.0 Å². The van der Waals surface area contributed by atoms with E-state index in [0.29, 0.717) is 11.7 Å². The number of carbonyl (C=O) groups is 1. The summed E-state index contributed by atoms with van der Waals surface area (Å²) in [6.45, 7) is 4.29. The number of hydrazone groups is 1. The summed E-state index contributed by atoms with van der Waals surface area (Å²) in [7, 11) is 0. The van der Waals surface area contributed by atoms with Crippen molar-refractivity contribution in [2.24, 2.45) is 5.10 Å². The van der Waals surface area contributed by atoms with Gasteiger partial charge in [0.25, 0.3) is 5.91 Å². The van der Waals surface area contributed by atoms with Crippen LogP contribution in [0.15, 0.2) is 96.2 Å². The third kappa shape index (κ3) is 6.44. The molecule has 0 fully saturated rings. The van der Waals surface area contributed by atoms with Crippen molar-refractivity contribution in [3.63, 3.8) is 0 Å². The zero-order valence-electron chi connectivity index (χ0n) is 20.1. The largest absolute Gasteiger partial charge is 0.484 e. The molecule has 0 spiro atoms. The molecule has 0 bridgehead atoms. The van der Waals surface area contributed by atoms with Gasteiger partial charge in [0, 0.05) is 17.3 Å². The SMILES string of the molecule is CCC[C@@H](C)c1ccc(OCC(=O)N/N=C\c2cn(-c3ccccc3)nc2-c2ccccc2)cc1. The summed E-state index contributed by atoms with van der Waals surface area (Å²) in [4.78, 5) is 12.3. The van der Waals surface area contributed by atoms with Gasteiger partial charge in [0.15, 0.2) is 6.61 Å². The first-order chi connectivity index (χ1) is 17.1. The molecule has 178 valence electrons. The molecule has 3 aromatic carbocycles. The van der Waals surface area contributed by atoms with Gasteiger partial charge in [-0.1, -0.05) is 80.9 Å². The minimum absolute atomic E-state index is 0.115. The number of amides is 1. The second kappa shape index (κ2) is 11.8. The average Bonchev–Trinajstić information content (AvgIpc) is 3.33. The first-order valence-electron chi connectivity index (χ1n) is 11.9. The molecule has 0 saturated carbocycles. The Balaban J connectivity index is 1.39. The van der Waals surface area contributed by atoms with E-state index in [1.54, 1.807) is 10.9 Å². The number of nitrogens with one attached hydrogen (secondary N) is 1. The lowest BCUT2D eigenvalue weighted by molar-refractivity contribution is -0.123. The van der Waals surface area contributed by atoms with Crippen molar-refractivity contribution < 1.29 is 9.53 Å². The summed E-state index contributed by atoms with van der Waals surface area (Å²) in [5.74, 6) is 0.840. The fourth-order valence-corrected chi connectivity index (χ4v) is 3.86. The number of hydrogen-bond acceptors (Lipinski definition) is 4. The fraction of sp³-hybridized carbons (Fsp3) is 0.207. The van der Waals surface area contributed by atoms with Crippen molar-refractivity contribution in [3.05, 3.63) is 102 Å². The number of aromatic nitrogens is 2. The molecule has 35 heavy (non-hydrogen) atoms. The van der Waals surface area contributed by atoms with Crippen LogP contribution in [0.2, 0.25) is 0 Å². The maximum absolute atomic E-state index is 12.3. The zero-order valence-corrected chi connectivity index (χ0v) is 20.1. The number of nitrogens with zero attached hydrogens (tertiary/aromatic N) is 3. The Bertz CT molecular complexity index is 1250. The van der Waals surface area contributed by atoms with Crippen LogP contribution in [0.4, 0.5) is 0 Å². The molecule has 6 nitrogen and oxygen atoms in total. The van der Waals surface area contributed by atoms with Crippen LogP contribution < -0.4 is 10.2 Å². The van der Waals surface area contributed by atoms with E-state index in [1.165, 1.54) is 5.56 Å². The van der Waals surface area contributed by atoms with Crippen LogP contribution in [0.5, 0.6) is 5.75 Å². The van der Waals surface area contributed by atoms with Crippen molar-refractivity contribution in [1.29, 1.82) is 0 Å². The number of ether oxygens (including phenoxy) is 1. The van der Waals surface area contributed by atoms with Gasteiger partial charge in [-0.15, -0.1) is 0 Å². The van der Waals surface area contributed by atoms with Crippen molar-refractivity contribution in [3.8, 4) is 22.7 Å². The van der Waals surface area contributed by atoms with Gasteiger partial charge in [0.1, 0.15) is 11.4 Å². The van der Waals surface area contributed by atoms with Gasteiger partial charge >= 0.3 is 0 Å². The van der Waals surface area contributed by atoms with Gasteiger partial charge in [-0.2, -0.15) is 10.2 Å². The summed E-state index contributed by atoms with van der Waals surface area (Å²) in [5, 5.41) is 8.89. The molecule has 0 saturated heterocycles. The highest BCUT2D eigenvalue weighted by molar-refractivity contribution is 5.89. The number of rotatable bonds is 10. The number of para-hydroxylation sites is 1. The van der Waals surface area contributed by atoms with Crippen molar-refractivity contribution in [1.82, 2.24) is 15.2 Å². The molecule has 0 unspecified atom stereocenters. The molecule has 6 heteroatoms. The van der Waals surface area contributed by atoms with E-state index >= 15 is 0 Å². The molecule has 0 aliphatic rings. The van der Waals surface area contributed by atoms with Gasteiger partial charge in [-0.05, 0) is 42.2 Å². The van der Waals surface area contributed by atoms with Crippen LogP contribution in [0, 0.1) is 0 Å². The Labute approximate surface area is 206 Å². The molecule has 1 N–H and O–H groups in total. The van der Waals surface area contributed by atoms with Gasteiger partial charge in [0.2, 0.25) is 0 Å². The molecular formula is C29H30N4O2. The maximum atomic E-state index is 12.3. The molecule has 0 radical (unpaired) electrons. The normalized spacial score (nSPS) is 11.9. The second-order valence-corrected chi connectivity index (χ2v) is 8.42. The topological polar surface area (TPSA) is 68.5 Å². The first-order valence-corrected chi connectivity index (χ1v) is 11.9. The highest BCUT2D eigenvalue weighted by Gasteiger charge is 2.11. The number of carbonyl (C=O) groups excluding carboxylic acids is 1. The molecule has 1 heterocycles. The Morgan fingerprint density at radius 3 is 2.40 bits per heavy atom. The minimum Gasteiger partial charge on any atom is -0.484 e. The van der Waals surface area contributed by atoms with E-state index in [2.05, 4.69) is 36.5 Å². The van der Waals surface area contributed by atoms with E-state index in [4.69, 9.17) is 9.84 Å². The van der Waals surface area contributed by atoms with Gasteiger partial charge in [0.05, 0.1) is 11.9 Å². The second-order valence-electron chi connectivity index (χ2n) is 8.42. The van der Waals surface area contributed by atoms with Crippen LogP contribution in [0.25, 0.3) is 16.9 Å². The van der Waals surface area contributed by atoms with Crippen molar-refractivity contribution in [2.45, 2.75) is 32.6 Å². The number of hydrogen-bond donors (Lipinski definition) is 1. The highest BCUT2D eigenvalue weighted by atomic mass is 16.5. The Kier molecular flexibility index (Phi) is 8.07. The standard InChI is InChI=1S/C29H30N4O2/c1-3-10-22(2)23-15-17-27(18-16-23)35-21-28(34)31-30-19-25-20-33(26-13-8-5-9-14-26)32-29(25)24-11-6-4-7-12-24/h4-9,11-20,22H,3,10,21H2,1-2H3,(H,31,34)/b30-19-/t22-/m1/s1. The summed E-state index contributed by atoms with van der Waals surface area (Å²) in [6, 6.07) is 27.7. The van der Waals surface area contributed by atoms with Crippen molar-refractivity contribution >= 4 is 12.1 Å². The predicted molar refractivity (Wildman–Crippen MR) is 140 cm³/mol. The summed E-state index contributed by atoms with van der Waals surface area (Å²) < 4.78 is 7.42. The lowest BCUT2D eigenvalue weighted by atomic mass is 9.97. The number of benzene rings is 3. The van der Waals surface area contributed by atoms with Gasteiger partial charge in [-0.3, -0.25) is 4.79 Å². The molecule has 1 amide bonds. The van der Waals surface area contributed by atoms with Gasteiger partial charge < -0.3 is 4.74 Å². The van der Waals surface area contributed by atoms with E-state index in [0.717, 1.165) is 35.3 Å². The van der Waals surface area contributed by atoms with Gasteiger partial charge in [-0.25, -0.2) is 10.1 Å². The third-order valence-corrected chi connectivity index (χ3v) is 5.74.